The van der Waals surface area contributed by atoms with Crippen LogP contribution in [0.25, 0.3) is 0 Å². The van der Waals surface area contributed by atoms with Crippen molar-refractivity contribution in [3.05, 3.63) is 65.7 Å². The van der Waals surface area contributed by atoms with Gasteiger partial charge in [-0.3, -0.25) is 4.79 Å². The Morgan fingerprint density at radius 1 is 0.950 bits per heavy atom. The number of carboxylic acid groups (broad SMARTS) is 1. The molecule has 1 N–H and O–H groups in total. The predicted octanol–water partition coefficient (Wildman–Crippen LogP) is 2.68. The summed E-state index contributed by atoms with van der Waals surface area (Å²) < 4.78 is 17.4. The van der Waals surface area contributed by atoms with Crippen LogP contribution in [-0.4, -0.2) is 23.2 Å². The number of carbonyl (C=O) groups excluding carboxylic acids is 1. The molecule has 102 valence electrons. The average molecular weight is 274 g/mol. The lowest BCUT2D eigenvalue weighted by Crippen LogP contribution is -2.21. The second-order valence-electron chi connectivity index (χ2n) is 3.99. The van der Waals surface area contributed by atoms with Crippen LogP contribution in [0.2, 0.25) is 0 Å². The van der Waals surface area contributed by atoms with E-state index in [-0.39, 0.29) is 11.5 Å². The van der Waals surface area contributed by atoms with Crippen LogP contribution in [0.5, 0.6) is 5.75 Å². The zero-order valence-electron chi connectivity index (χ0n) is 10.3. The number of ether oxygens (including phenoxy) is 1. The molecule has 0 fully saturated rings. The highest BCUT2D eigenvalue weighted by molar-refractivity contribution is 6.08. The fourth-order valence-electron chi connectivity index (χ4n) is 1.61. The molecule has 5 heteroatoms. The molecule has 2 aromatic rings. The first kappa shape index (κ1) is 13.7. The van der Waals surface area contributed by atoms with Gasteiger partial charge in [-0.05, 0) is 24.3 Å². The number of hydrogen-bond acceptors (Lipinski definition) is 3. The fourth-order valence-corrected chi connectivity index (χ4v) is 1.61. The standard InChI is InChI=1S/C15H11FO4/c16-14(15(18)19)20-12-8-6-11(7-9-12)13(17)10-4-2-1-3-5-10/h1-9,14H,(H,18,19). The second-order valence-corrected chi connectivity index (χ2v) is 3.99. The summed E-state index contributed by atoms with van der Waals surface area (Å²) in [5.74, 6) is -1.83. The second kappa shape index (κ2) is 5.97. The number of carboxylic acids is 1. The van der Waals surface area contributed by atoms with Crippen LogP contribution in [0.15, 0.2) is 54.6 Å². The van der Waals surface area contributed by atoms with Crippen molar-refractivity contribution in [2.45, 2.75) is 6.36 Å². The number of benzene rings is 2. The smallest absolute Gasteiger partial charge is 0.378 e. The summed E-state index contributed by atoms with van der Waals surface area (Å²) in [7, 11) is 0. The Kier molecular flexibility index (Phi) is 4.10. The molecule has 1 atom stereocenters. The van der Waals surface area contributed by atoms with Crippen molar-refractivity contribution >= 4 is 11.8 Å². The Bertz CT molecular complexity index is 608. The number of hydrogen-bond donors (Lipinski definition) is 1. The van der Waals surface area contributed by atoms with E-state index < -0.39 is 12.3 Å². The molecule has 0 amide bonds. The third-order valence-corrected chi connectivity index (χ3v) is 2.59. The molecule has 2 aromatic carbocycles. The van der Waals surface area contributed by atoms with Crippen LogP contribution < -0.4 is 4.74 Å². The van der Waals surface area contributed by atoms with Gasteiger partial charge in [-0.2, -0.15) is 4.39 Å². The highest BCUT2D eigenvalue weighted by Gasteiger charge is 2.17. The summed E-state index contributed by atoms with van der Waals surface area (Å²) in [4.78, 5) is 22.4. The number of carbonyl (C=O) groups is 2. The Morgan fingerprint density at radius 3 is 2.05 bits per heavy atom. The lowest BCUT2D eigenvalue weighted by atomic mass is 10.0. The summed E-state index contributed by atoms with van der Waals surface area (Å²) in [6.45, 7) is 0. The first-order valence-electron chi connectivity index (χ1n) is 5.81. The molecule has 0 aliphatic rings. The topological polar surface area (TPSA) is 63.6 Å². The van der Waals surface area contributed by atoms with Crippen molar-refractivity contribution in [3.8, 4) is 5.75 Å². The normalized spacial score (nSPS) is 11.7. The molecule has 4 nitrogen and oxygen atoms in total. The van der Waals surface area contributed by atoms with Crippen molar-refractivity contribution in [1.82, 2.24) is 0 Å². The minimum Gasteiger partial charge on any atom is -0.476 e. The zero-order valence-corrected chi connectivity index (χ0v) is 10.3. The Labute approximate surface area is 114 Å². The van der Waals surface area contributed by atoms with Crippen LogP contribution in [0, 0.1) is 0 Å². The van der Waals surface area contributed by atoms with E-state index in [0.29, 0.717) is 11.1 Å². The van der Waals surface area contributed by atoms with E-state index in [1.54, 1.807) is 30.3 Å². The molecule has 20 heavy (non-hydrogen) atoms. The lowest BCUT2D eigenvalue weighted by molar-refractivity contribution is -0.153. The van der Waals surface area contributed by atoms with E-state index in [1.807, 2.05) is 0 Å². The van der Waals surface area contributed by atoms with Gasteiger partial charge in [0.1, 0.15) is 5.75 Å². The summed E-state index contributed by atoms with van der Waals surface area (Å²) in [5.41, 5.74) is 0.948. The molecule has 0 bridgehead atoms. The van der Waals surface area contributed by atoms with E-state index in [0.717, 1.165) is 0 Å². The lowest BCUT2D eigenvalue weighted by Gasteiger charge is -2.07. The van der Waals surface area contributed by atoms with Gasteiger partial charge < -0.3 is 9.84 Å². The quantitative estimate of drug-likeness (QED) is 0.851. The number of rotatable bonds is 5. The van der Waals surface area contributed by atoms with Crippen LogP contribution in [-0.2, 0) is 4.79 Å². The van der Waals surface area contributed by atoms with Crippen molar-refractivity contribution in [1.29, 1.82) is 0 Å². The highest BCUT2D eigenvalue weighted by Crippen LogP contribution is 2.17. The molecule has 0 aliphatic heterocycles. The zero-order chi connectivity index (χ0) is 14.5. The number of ketones is 1. The Balaban J connectivity index is 2.12. The minimum absolute atomic E-state index is 0.0458. The average Bonchev–Trinajstić information content (AvgIpc) is 2.48. The number of aliphatic carboxylic acids is 1. The van der Waals surface area contributed by atoms with Gasteiger partial charge in [0, 0.05) is 11.1 Å². The number of halogens is 1. The van der Waals surface area contributed by atoms with Gasteiger partial charge in [-0.1, -0.05) is 30.3 Å². The maximum Gasteiger partial charge on any atom is 0.378 e. The van der Waals surface area contributed by atoms with Crippen molar-refractivity contribution in [2.75, 3.05) is 0 Å². The van der Waals surface area contributed by atoms with E-state index in [2.05, 4.69) is 4.74 Å². The summed E-state index contributed by atoms with van der Waals surface area (Å²) in [6.07, 6.45) is -2.43. The third-order valence-electron chi connectivity index (χ3n) is 2.59. The minimum atomic E-state index is -2.43. The first-order chi connectivity index (χ1) is 9.58. The first-order valence-corrected chi connectivity index (χ1v) is 5.81. The third kappa shape index (κ3) is 3.20. The van der Waals surface area contributed by atoms with E-state index >= 15 is 0 Å². The molecule has 2 rings (SSSR count). The van der Waals surface area contributed by atoms with E-state index in [4.69, 9.17) is 5.11 Å². The maximum absolute atomic E-state index is 12.8. The summed E-state index contributed by atoms with van der Waals surface area (Å²) in [6, 6.07) is 14.3. The van der Waals surface area contributed by atoms with Crippen LogP contribution in [0.4, 0.5) is 4.39 Å². The van der Waals surface area contributed by atoms with E-state index in [9.17, 15) is 14.0 Å². The molecule has 0 heterocycles. The Hall–Kier alpha value is -2.69. The van der Waals surface area contributed by atoms with Gasteiger partial charge >= 0.3 is 12.3 Å². The van der Waals surface area contributed by atoms with Crippen LogP contribution in [0.1, 0.15) is 15.9 Å². The van der Waals surface area contributed by atoms with Crippen molar-refractivity contribution < 1.29 is 23.8 Å². The molecular formula is C15H11FO4. The van der Waals surface area contributed by atoms with Crippen LogP contribution in [0.3, 0.4) is 0 Å². The fraction of sp³-hybridized carbons (Fsp3) is 0.0667. The van der Waals surface area contributed by atoms with Gasteiger partial charge in [-0.15, -0.1) is 0 Å². The van der Waals surface area contributed by atoms with Crippen molar-refractivity contribution in [2.24, 2.45) is 0 Å². The van der Waals surface area contributed by atoms with Crippen molar-refractivity contribution in [3.63, 3.8) is 0 Å². The molecule has 0 spiro atoms. The largest absolute Gasteiger partial charge is 0.476 e. The van der Waals surface area contributed by atoms with Gasteiger partial charge in [-0.25, -0.2) is 4.79 Å². The SMILES string of the molecule is O=C(c1ccccc1)c1ccc(OC(F)C(=O)O)cc1. The van der Waals surface area contributed by atoms with Crippen LogP contribution >= 0.6 is 0 Å². The highest BCUT2D eigenvalue weighted by atomic mass is 19.1. The van der Waals surface area contributed by atoms with Gasteiger partial charge in [0.25, 0.3) is 0 Å². The number of alkyl halides is 1. The molecule has 0 radical (unpaired) electrons. The predicted molar refractivity (Wildman–Crippen MR) is 69.5 cm³/mol. The van der Waals surface area contributed by atoms with Gasteiger partial charge in [0.15, 0.2) is 5.78 Å². The maximum atomic E-state index is 12.8. The molecule has 0 saturated carbocycles. The monoisotopic (exact) mass is 274 g/mol. The molecule has 0 aromatic heterocycles. The summed E-state index contributed by atoms with van der Waals surface area (Å²) in [5, 5.41) is 8.38. The van der Waals surface area contributed by atoms with Gasteiger partial charge in [0.05, 0.1) is 0 Å². The molecule has 0 saturated heterocycles. The molecule has 1 unspecified atom stereocenters. The molecule has 0 aliphatic carbocycles. The van der Waals surface area contributed by atoms with Gasteiger partial charge in [0.2, 0.25) is 0 Å². The summed E-state index contributed by atoms with van der Waals surface area (Å²) >= 11 is 0. The van der Waals surface area contributed by atoms with E-state index in [1.165, 1.54) is 24.3 Å². The Morgan fingerprint density at radius 2 is 1.50 bits per heavy atom. The molecular weight excluding hydrogens is 263 g/mol.